The first kappa shape index (κ1) is 31.1. The third-order valence-electron chi connectivity index (χ3n) is 5.86. The van der Waals surface area contributed by atoms with Crippen molar-refractivity contribution in [1.29, 1.82) is 0 Å². The fourth-order valence-corrected chi connectivity index (χ4v) is 3.63. The average molecular weight is 504 g/mol. The Morgan fingerprint density at radius 1 is 1.03 bits per heavy atom. The molecule has 2 aromatic rings. The maximum Gasteiger partial charge on any atom is 0.387 e. The van der Waals surface area contributed by atoms with E-state index in [2.05, 4.69) is 35.5 Å². The third-order valence-corrected chi connectivity index (χ3v) is 5.86. The van der Waals surface area contributed by atoms with Crippen LogP contribution < -0.4 is 15.2 Å². The van der Waals surface area contributed by atoms with Gasteiger partial charge in [-0.25, -0.2) is 0 Å². The molecule has 0 spiro atoms. The van der Waals surface area contributed by atoms with Crippen LogP contribution in [0.15, 0.2) is 47.7 Å². The monoisotopic (exact) mass is 503 g/mol. The van der Waals surface area contributed by atoms with E-state index in [1.165, 1.54) is 51.7 Å². The summed E-state index contributed by atoms with van der Waals surface area (Å²) in [5, 5.41) is 0. The predicted molar refractivity (Wildman–Crippen MR) is 146 cm³/mol. The highest BCUT2D eigenvalue weighted by molar-refractivity contribution is 6.17. The van der Waals surface area contributed by atoms with Gasteiger partial charge in [-0.05, 0) is 30.2 Å². The number of unbranched alkanes of at least 4 members (excludes halogenated alkanes) is 3. The molecule has 0 saturated heterocycles. The molecule has 3 rings (SSSR count). The van der Waals surface area contributed by atoms with Crippen LogP contribution in [0.1, 0.15) is 89.8 Å². The Balaban J connectivity index is 0.000000458. The number of fused-ring (bicyclic) bond motifs is 1. The molecule has 0 bridgehead atoms. The van der Waals surface area contributed by atoms with Crippen molar-refractivity contribution in [2.45, 2.75) is 79.8 Å². The van der Waals surface area contributed by atoms with Crippen molar-refractivity contribution in [2.75, 3.05) is 13.7 Å². The summed E-state index contributed by atoms with van der Waals surface area (Å²) in [4.78, 5) is 8.54. The zero-order valence-electron chi connectivity index (χ0n) is 22.7. The number of aromatic nitrogens is 1. The van der Waals surface area contributed by atoms with Crippen LogP contribution in [0, 0.1) is 5.92 Å². The molecule has 2 N–H and O–H groups in total. The van der Waals surface area contributed by atoms with Crippen LogP contribution in [-0.4, -0.2) is 31.0 Å². The molecule has 1 unspecified atom stereocenters. The summed E-state index contributed by atoms with van der Waals surface area (Å²) in [5.41, 5.74) is 8.93. The van der Waals surface area contributed by atoms with Crippen LogP contribution in [0.3, 0.4) is 0 Å². The normalized spacial score (nSPS) is 13.0. The maximum atomic E-state index is 12.8. The molecule has 0 fully saturated rings. The third kappa shape index (κ3) is 9.96. The first-order valence-corrected chi connectivity index (χ1v) is 13.0. The Morgan fingerprint density at radius 3 is 2.42 bits per heavy atom. The summed E-state index contributed by atoms with van der Waals surface area (Å²) in [6, 6.07) is 6.46. The molecule has 0 radical (unpaired) electrons. The van der Waals surface area contributed by atoms with E-state index in [4.69, 9.17) is 10.5 Å². The van der Waals surface area contributed by atoms with E-state index >= 15 is 0 Å². The number of hydrogen-bond acceptors (Lipinski definition) is 5. The van der Waals surface area contributed by atoms with E-state index in [0.717, 1.165) is 5.92 Å². The topological polar surface area (TPSA) is 69.7 Å². The molecule has 1 aromatic carbocycles. The van der Waals surface area contributed by atoms with Gasteiger partial charge >= 0.3 is 6.61 Å². The second kappa shape index (κ2) is 17.5. The molecule has 0 aliphatic carbocycles. The van der Waals surface area contributed by atoms with Crippen molar-refractivity contribution in [3.8, 4) is 11.5 Å². The predicted octanol–water partition coefficient (Wildman–Crippen LogP) is 7.87. The van der Waals surface area contributed by atoms with Crippen molar-refractivity contribution in [1.82, 2.24) is 4.98 Å². The fourth-order valence-electron chi connectivity index (χ4n) is 3.63. The maximum absolute atomic E-state index is 12.8. The summed E-state index contributed by atoms with van der Waals surface area (Å²) in [6.07, 6.45) is 13.5. The molecule has 5 nitrogen and oxygen atoms in total. The molecule has 2 heterocycles. The summed E-state index contributed by atoms with van der Waals surface area (Å²) >= 11 is 0. The number of methoxy groups -OCH3 is 1. The van der Waals surface area contributed by atoms with Crippen molar-refractivity contribution in [2.24, 2.45) is 16.6 Å². The number of nitrogens with two attached hydrogens (primary N) is 1. The van der Waals surface area contributed by atoms with Crippen LogP contribution in [0.5, 0.6) is 11.5 Å². The van der Waals surface area contributed by atoms with Crippen molar-refractivity contribution in [3.05, 3.63) is 59.4 Å². The highest BCUT2D eigenvalue weighted by atomic mass is 19.3. The zero-order valence-corrected chi connectivity index (χ0v) is 22.7. The van der Waals surface area contributed by atoms with E-state index < -0.39 is 6.61 Å². The van der Waals surface area contributed by atoms with Gasteiger partial charge in [0.15, 0.2) is 0 Å². The van der Waals surface area contributed by atoms with Crippen LogP contribution in [0.2, 0.25) is 0 Å². The summed E-state index contributed by atoms with van der Waals surface area (Å²) in [6.45, 7) is 8.28. The summed E-state index contributed by atoms with van der Waals surface area (Å²) in [5.74, 6) is 1.36. The number of nitrogens with zero attached hydrogens (tertiary/aromatic N) is 2. The molecule has 1 aliphatic heterocycles. The second-order valence-electron chi connectivity index (χ2n) is 8.37. The molecule has 7 heteroatoms. The number of aliphatic imine (C=N–C) groups is 1. The Hall–Kier alpha value is -2.96. The minimum Gasteiger partial charge on any atom is -0.497 e. The number of pyridine rings is 1. The van der Waals surface area contributed by atoms with Gasteiger partial charge in [0.05, 0.1) is 19.4 Å². The van der Waals surface area contributed by atoms with Gasteiger partial charge in [0, 0.05) is 40.8 Å². The number of halogens is 2. The Bertz CT molecular complexity index is 961. The number of hydrogen-bond donors (Lipinski definition) is 1. The SMILES string of the molecule is CC.CCCCCCC(C)CC.COc1ccc(C2=NCC=C(N)c3cnccc32)c(OC(F)F)c1. The number of ether oxygens (including phenoxy) is 2. The lowest BCUT2D eigenvalue weighted by Crippen LogP contribution is -2.12. The number of rotatable bonds is 10. The molecular formula is C29H43F2N3O2. The Morgan fingerprint density at radius 2 is 1.78 bits per heavy atom. The fraction of sp³-hybridized carbons (Fsp3) is 0.517. The van der Waals surface area contributed by atoms with Gasteiger partial charge in [-0.2, -0.15) is 8.78 Å². The smallest absolute Gasteiger partial charge is 0.387 e. The Kier molecular flexibility index (Phi) is 15.1. The van der Waals surface area contributed by atoms with Crippen LogP contribution in [0.4, 0.5) is 8.78 Å². The minimum absolute atomic E-state index is 0.00802. The first-order valence-electron chi connectivity index (χ1n) is 13.0. The van der Waals surface area contributed by atoms with E-state index in [0.29, 0.717) is 40.4 Å². The Labute approximate surface area is 215 Å². The average Bonchev–Trinajstić information content (AvgIpc) is 3.06. The van der Waals surface area contributed by atoms with E-state index in [9.17, 15) is 8.78 Å². The summed E-state index contributed by atoms with van der Waals surface area (Å²) < 4.78 is 35.3. The lowest BCUT2D eigenvalue weighted by Gasteiger charge is -2.15. The van der Waals surface area contributed by atoms with Gasteiger partial charge in [-0.1, -0.05) is 73.1 Å². The molecule has 36 heavy (non-hydrogen) atoms. The van der Waals surface area contributed by atoms with Gasteiger partial charge in [0.1, 0.15) is 11.5 Å². The molecule has 1 aromatic heterocycles. The second-order valence-corrected chi connectivity index (χ2v) is 8.37. The van der Waals surface area contributed by atoms with E-state index in [-0.39, 0.29) is 5.75 Å². The molecule has 0 amide bonds. The van der Waals surface area contributed by atoms with Crippen LogP contribution >= 0.6 is 0 Å². The van der Waals surface area contributed by atoms with Crippen molar-refractivity contribution < 1.29 is 18.3 Å². The van der Waals surface area contributed by atoms with Crippen LogP contribution in [-0.2, 0) is 0 Å². The summed E-state index contributed by atoms with van der Waals surface area (Å²) in [7, 11) is 1.45. The molecule has 1 aliphatic rings. The lowest BCUT2D eigenvalue weighted by molar-refractivity contribution is -0.0500. The highest BCUT2D eigenvalue weighted by Crippen LogP contribution is 2.31. The largest absolute Gasteiger partial charge is 0.497 e. The molecule has 200 valence electrons. The standard InChI is InChI=1S/C17H15F2N3O2.C10H22.C2H6/c1-23-10-2-3-12(15(8-10)24-17(18)19)16-11-4-6-21-9-13(11)14(20)5-7-22-16;1-4-6-7-8-9-10(3)5-2;1-2/h2-6,8-9,17H,7,20H2,1H3;10H,4-9H2,1-3H3;1-2H3. The molecule has 0 saturated carbocycles. The molecule has 1 atom stereocenters. The van der Waals surface area contributed by atoms with Gasteiger partial charge in [-0.3, -0.25) is 9.98 Å². The first-order chi connectivity index (χ1) is 17.4. The minimum atomic E-state index is -2.96. The van der Waals surface area contributed by atoms with Crippen molar-refractivity contribution >= 4 is 11.4 Å². The van der Waals surface area contributed by atoms with Gasteiger partial charge in [0.25, 0.3) is 0 Å². The zero-order chi connectivity index (χ0) is 26.9. The molecular weight excluding hydrogens is 460 g/mol. The quantitative estimate of drug-likeness (QED) is 0.335. The lowest BCUT2D eigenvalue weighted by atomic mass is 9.97. The van der Waals surface area contributed by atoms with Gasteiger partial charge in [-0.15, -0.1) is 0 Å². The van der Waals surface area contributed by atoms with E-state index in [1.807, 2.05) is 13.8 Å². The van der Waals surface area contributed by atoms with E-state index in [1.54, 1.807) is 36.7 Å². The highest BCUT2D eigenvalue weighted by Gasteiger charge is 2.21. The van der Waals surface area contributed by atoms with Crippen LogP contribution in [0.25, 0.3) is 5.70 Å². The van der Waals surface area contributed by atoms with Gasteiger partial charge < -0.3 is 15.2 Å². The van der Waals surface area contributed by atoms with Gasteiger partial charge in [0.2, 0.25) is 0 Å². The van der Waals surface area contributed by atoms with Crippen molar-refractivity contribution in [3.63, 3.8) is 0 Å². The number of alkyl halides is 2. The number of benzene rings is 1.